The van der Waals surface area contributed by atoms with E-state index >= 15 is 0 Å². The maximum absolute atomic E-state index is 10.1. The summed E-state index contributed by atoms with van der Waals surface area (Å²) in [6.45, 7) is 2.00. The molecule has 0 unspecified atom stereocenters. The van der Waals surface area contributed by atoms with Crippen molar-refractivity contribution < 1.29 is 5.11 Å². The monoisotopic (exact) mass is 162 g/mol. The van der Waals surface area contributed by atoms with Gasteiger partial charge in [0.25, 0.3) is 0 Å². The first-order valence-electron chi connectivity index (χ1n) is 4.77. The van der Waals surface area contributed by atoms with E-state index in [1.807, 2.05) is 6.92 Å². The van der Waals surface area contributed by atoms with Crippen LogP contribution >= 0.6 is 0 Å². The Morgan fingerprint density at radius 2 is 2.08 bits per heavy atom. The van der Waals surface area contributed by atoms with Gasteiger partial charge in [-0.15, -0.1) is 0 Å². The van der Waals surface area contributed by atoms with Gasteiger partial charge in [-0.3, -0.25) is 0 Å². The minimum absolute atomic E-state index is 0.390. The lowest BCUT2D eigenvalue weighted by molar-refractivity contribution is 0.0362. The van der Waals surface area contributed by atoms with E-state index in [9.17, 15) is 5.11 Å². The summed E-state index contributed by atoms with van der Waals surface area (Å²) in [7, 11) is 0. The van der Waals surface area contributed by atoms with Gasteiger partial charge in [-0.2, -0.15) is 0 Å². The third-order valence-electron chi connectivity index (χ3n) is 3.80. The zero-order chi connectivity index (χ0) is 8.34. The fraction of sp³-hybridized carbons (Fsp3) is 0.636. The summed E-state index contributed by atoms with van der Waals surface area (Å²) in [5.41, 5.74) is -0.390. The zero-order valence-electron chi connectivity index (χ0n) is 7.27. The number of aliphatic hydroxyl groups is 1. The van der Waals surface area contributed by atoms with E-state index in [-0.39, 0.29) is 5.60 Å². The molecular weight excluding hydrogens is 148 g/mol. The van der Waals surface area contributed by atoms with Crippen LogP contribution in [0.25, 0.3) is 0 Å². The highest BCUT2D eigenvalue weighted by molar-refractivity contribution is 5.28. The van der Waals surface area contributed by atoms with Gasteiger partial charge in [0.1, 0.15) is 0 Å². The second-order valence-corrected chi connectivity index (χ2v) is 4.68. The van der Waals surface area contributed by atoms with E-state index < -0.39 is 0 Å². The average molecular weight is 162 g/mol. The zero-order valence-corrected chi connectivity index (χ0v) is 7.27. The molecule has 0 radical (unpaired) electrons. The maximum Gasteiger partial charge on any atom is 0.0662 e. The quantitative estimate of drug-likeness (QED) is 0.575. The lowest BCUT2D eigenvalue weighted by Crippen LogP contribution is -2.26. The largest absolute Gasteiger partial charge is 0.390 e. The van der Waals surface area contributed by atoms with Crippen molar-refractivity contribution in [3.05, 3.63) is 24.3 Å². The van der Waals surface area contributed by atoms with Crippen LogP contribution < -0.4 is 0 Å². The molecule has 0 heterocycles. The van der Waals surface area contributed by atoms with Crippen LogP contribution in [0.5, 0.6) is 0 Å². The van der Waals surface area contributed by atoms with Crippen LogP contribution in [0, 0.1) is 23.7 Å². The van der Waals surface area contributed by atoms with Crippen LogP contribution in [0.2, 0.25) is 0 Å². The second-order valence-electron chi connectivity index (χ2n) is 4.68. The van der Waals surface area contributed by atoms with E-state index in [1.165, 1.54) is 0 Å². The Morgan fingerprint density at radius 3 is 2.92 bits per heavy atom. The second kappa shape index (κ2) is 1.85. The van der Waals surface area contributed by atoms with Crippen LogP contribution in [0.4, 0.5) is 0 Å². The molecule has 0 bridgehead atoms. The van der Waals surface area contributed by atoms with Gasteiger partial charge >= 0.3 is 0 Å². The molecule has 0 aromatic carbocycles. The number of fused-ring (bicyclic) bond motifs is 1. The highest BCUT2D eigenvalue weighted by atomic mass is 16.3. The molecule has 0 aliphatic heterocycles. The van der Waals surface area contributed by atoms with Gasteiger partial charge < -0.3 is 5.11 Å². The molecule has 3 aliphatic carbocycles. The number of hydrogen-bond acceptors (Lipinski definition) is 1. The predicted molar refractivity (Wildman–Crippen MR) is 47.5 cm³/mol. The first-order chi connectivity index (χ1) is 5.70. The van der Waals surface area contributed by atoms with Crippen molar-refractivity contribution in [2.24, 2.45) is 23.7 Å². The van der Waals surface area contributed by atoms with Gasteiger partial charge in [0.15, 0.2) is 0 Å². The summed E-state index contributed by atoms with van der Waals surface area (Å²) in [5, 5.41) is 10.1. The predicted octanol–water partition coefficient (Wildman–Crippen LogP) is 1.75. The third kappa shape index (κ3) is 0.680. The molecule has 0 amide bonds. The van der Waals surface area contributed by atoms with Crippen LogP contribution in [-0.4, -0.2) is 10.7 Å². The smallest absolute Gasteiger partial charge is 0.0662 e. The normalized spacial score (nSPS) is 59.8. The summed E-state index contributed by atoms with van der Waals surface area (Å²) in [4.78, 5) is 0. The Balaban J connectivity index is 2.00. The fourth-order valence-electron chi connectivity index (χ4n) is 3.33. The Bertz CT molecular complexity index is 275. The minimum atomic E-state index is -0.390. The van der Waals surface area contributed by atoms with Crippen LogP contribution in [0.1, 0.15) is 13.3 Å². The van der Waals surface area contributed by atoms with Crippen molar-refractivity contribution in [1.82, 2.24) is 0 Å². The fourth-order valence-corrected chi connectivity index (χ4v) is 3.33. The summed E-state index contributed by atoms with van der Waals surface area (Å²) in [5.74, 6) is 2.64. The Labute approximate surface area is 72.8 Å². The molecule has 2 fully saturated rings. The first-order valence-corrected chi connectivity index (χ1v) is 4.77. The Kier molecular flexibility index (Phi) is 1.06. The number of rotatable bonds is 0. The lowest BCUT2D eigenvalue weighted by Gasteiger charge is -2.21. The summed E-state index contributed by atoms with van der Waals surface area (Å²) >= 11 is 0. The van der Waals surface area contributed by atoms with Crippen molar-refractivity contribution in [3.63, 3.8) is 0 Å². The van der Waals surface area contributed by atoms with Gasteiger partial charge in [0.2, 0.25) is 0 Å². The molecule has 0 aromatic rings. The molecule has 0 saturated heterocycles. The number of hydrogen-bond donors (Lipinski definition) is 1. The Hall–Kier alpha value is -0.560. The molecule has 12 heavy (non-hydrogen) atoms. The first kappa shape index (κ1) is 6.90. The van der Waals surface area contributed by atoms with Gasteiger partial charge in [-0.25, -0.2) is 0 Å². The maximum atomic E-state index is 10.1. The Morgan fingerprint density at radius 1 is 1.33 bits per heavy atom. The topological polar surface area (TPSA) is 20.2 Å². The molecule has 64 valence electrons. The standard InChI is InChI=1S/C11H14O/c1-11(12)6-7-4-2-3-5-8-9(7)10(8)11/h2-5,7-10,12H,6H2,1H3/t7-,8-,9-,10-,11-/m1/s1. The van der Waals surface area contributed by atoms with Crippen molar-refractivity contribution in [1.29, 1.82) is 0 Å². The van der Waals surface area contributed by atoms with E-state index in [0.29, 0.717) is 17.8 Å². The van der Waals surface area contributed by atoms with Gasteiger partial charge in [-0.1, -0.05) is 24.3 Å². The van der Waals surface area contributed by atoms with E-state index in [2.05, 4.69) is 24.3 Å². The van der Waals surface area contributed by atoms with Crippen LogP contribution in [0.3, 0.4) is 0 Å². The summed E-state index contributed by atoms with van der Waals surface area (Å²) in [6.07, 6.45) is 9.77. The SMILES string of the molecule is C[C@@]1(O)C[C@H]2C=CC=C[C@@H]3[C@@H]2[C@@H]31. The molecule has 1 nitrogen and oxygen atoms in total. The van der Waals surface area contributed by atoms with E-state index in [1.54, 1.807) is 0 Å². The summed E-state index contributed by atoms with van der Waals surface area (Å²) < 4.78 is 0. The van der Waals surface area contributed by atoms with E-state index in [4.69, 9.17) is 0 Å². The van der Waals surface area contributed by atoms with Crippen molar-refractivity contribution >= 4 is 0 Å². The van der Waals surface area contributed by atoms with Crippen LogP contribution in [-0.2, 0) is 0 Å². The highest BCUT2D eigenvalue weighted by Crippen LogP contribution is 2.66. The van der Waals surface area contributed by atoms with Gasteiger partial charge in [0.05, 0.1) is 5.60 Å². The molecule has 3 aliphatic rings. The molecule has 3 rings (SSSR count). The molecule has 1 N–H and O–H groups in total. The van der Waals surface area contributed by atoms with Crippen LogP contribution in [0.15, 0.2) is 24.3 Å². The number of allylic oxidation sites excluding steroid dienone is 4. The summed E-state index contributed by atoms with van der Waals surface area (Å²) in [6, 6.07) is 0. The molecule has 5 atom stereocenters. The lowest BCUT2D eigenvalue weighted by atomic mass is 9.92. The average Bonchev–Trinajstić information content (AvgIpc) is 2.62. The minimum Gasteiger partial charge on any atom is -0.390 e. The highest BCUT2D eigenvalue weighted by Gasteiger charge is 2.65. The molecular formula is C11H14O. The molecule has 0 spiro atoms. The van der Waals surface area contributed by atoms with Gasteiger partial charge in [0, 0.05) is 0 Å². The van der Waals surface area contributed by atoms with Crippen molar-refractivity contribution in [2.45, 2.75) is 18.9 Å². The molecule has 1 heteroatoms. The van der Waals surface area contributed by atoms with Crippen molar-refractivity contribution in [2.75, 3.05) is 0 Å². The van der Waals surface area contributed by atoms with E-state index in [0.717, 1.165) is 12.3 Å². The molecule has 0 aromatic heterocycles. The van der Waals surface area contributed by atoms with Gasteiger partial charge in [-0.05, 0) is 37.0 Å². The molecule has 2 saturated carbocycles. The third-order valence-corrected chi connectivity index (χ3v) is 3.80. The van der Waals surface area contributed by atoms with Crippen molar-refractivity contribution in [3.8, 4) is 0 Å².